The van der Waals surface area contributed by atoms with Crippen LogP contribution in [0.4, 0.5) is 5.69 Å². The lowest BCUT2D eigenvalue weighted by molar-refractivity contribution is -0.138. The van der Waals surface area contributed by atoms with Gasteiger partial charge in [-0.3, -0.25) is 9.59 Å². The van der Waals surface area contributed by atoms with Crippen LogP contribution in [0, 0.1) is 0 Å². The van der Waals surface area contributed by atoms with Crippen LogP contribution in [0.25, 0.3) is 0 Å². The zero-order valence-electron chi connectivity index (χ0n) is 13.4. The number of furan rings is 1. The van der Waals surface area contributed by atoms with Crippen molar-refractivity contribution in [3.8, 4) is 0 Å². The third-order valence-corrected chi connectivity index (χ3v) is 4.36. The number of fused-ring (bicyclic) bond motifs is 1. The van der Waals surface area contributed by atoms with Gasteiger partial charge in [0.2, 0.25) is 0 Å². The smallest absolute Gasteiger partial charge is 0.316 e. The number of aliphatic hydroxyl groups excluding tert-OH is 1. The SMILES string of the molecule is CC1CCN(C(=O)C(=O)NC(CO)c2ccco2)c2ccccc21. The molecule has 0 spiro atoms. The van der Waals surface area contributed by atoms with Gasteiger partial charge in [-0.1, -0.05) is 25.1 Å². The van der Waals surface area contributed by atoms with Crippen LogP contribution in [0.5, 0.6) is 0 Å². The van der Waals surface area contributed by atoms with E-state index in [1.165, 1.54) is 11.2 Å². The summed E-state index contributed by atoms with van der Waals surface area (Å²) < 4.78 is 5.18. The predicted molar refractivity (Wildman–Crippen MR) is 88.5 cm³/mol. The maximum atomic E-state index is 12.6. The summed E-state index contributed by atoms with van der Waals surface area (Å²) in [6.07, 6.45) is 2.26. The quantitative estimate of drug-likeness (QED) is 0.844. The summed E-state index contributed by atoms with van der Waals surface area (Å²) >= 11 is 0. The monoisotopic (exact) mass is 328 g/mol. The maximum absolute atomic E-state index is 12.6. The highest BCUT2D eigenvalue weighted by molar-refractivity contribution is 6.40. The Morgan fingerprint density at radius 2 is 2.12 bits per heavy atom. The third kappa shape index (κ3) is 3.05. The van der Waals surface area contributed by atoms with Crippen LogP contribution in [0.1, 0.15) is 36.6 Å². The molecular weight excluding hydrogens is 308 g/mol. The highest BCUT2D eigenvalue weighted by Crippen LogP contribution is 2.34. The molecule has 1 aromatic carbocycles. The van der Waals surface area contributed by atoms with Crippen LogP contribution in [-0.2, 0) is 9.59 Å². The summed E-state index contributed by atoms with van der Waals surface area (Å²) in [5.74, 6) is -0.623. The second-order valence-electron chi connectivity index (χ2n) is 5.93. The molecule has 6 nitrogen and oxygen atoms in total. The zero-order chi connectivity index (χ0) is 17.1. The van der Waals surface area contributed by atoms with Crippen molar-refractivity contribution in [1.29, 1.82) is 0 Å². The van der Waals surface area contributed by atoms with Gasteiger partial charge >= 0.3 is 11.8 Å². The van der Waals surface area contributed by atoms with Gasteiger partial charge in [0, 0.05) is 12.2 Å². The summed E-state index contributed by atoms with van der Waals surface area (Å²) in [6, 6.07) is 10.2. The molecule has 2 heterocycles. The van der Waals surface area contributed by atoms with Gasteiger partial charge in [0.1, 0.15) is 11.8 Å². The largest absolute Gasteiger partial charge is 0.467 e. The van der Waals surface area contributed by atoms with Crippen molar-refractivity contribution in [3.05, 3.63) is 54.0 Å². The summed E-state index contributed by atoms with van der Waals surface area (Å²) in [4.78, 5) is 26.4. The first kappa shape index (κ1) is 16.3. The van der Waals surface area contributed by atoms with E-state index < -0.39 is 17.9 Å². The average molecular weight is 328 g/mol. The molecule has 126 valence electrons. The Labute approximate surface area is 140 Å². The molecular formula is C18H20N2O4. The number of amides is 2. The van der Waals surface area contributed by atoms with E-state index in [0.29, 0.717) is 18.2 Å². The molecule has 1 aliphatic heterocycles. The van der Waals surface area contributed by atoms with Gasteiger partial charge in [0.15, 0.2) is 0 Å². The fraction of sp³-hybridized carbons (Fsp3) is 0.333. The van der Waals surface area contributed by atoms with Crippen molar-refractivity contribution < 1.29 is 19.1 Å². The van der Waals surface area contributed by atoms with Crippen molar-refractivity contribution in [2.24, 2.45) is 0 Å². The van der Waals surface area contributed by atoms with E-state index in [1.807, 2.05) is 24.3 Å². The van der Waals surface area contributed by atoms with Crippen molar-refractivity contribution >= 4 is 17.5 Å². The molecule has 3 rings (SSSR count). The van der Waals surface area contributed by atoms with E-state index >= 15 is 0 Å². The molecule has 2 unspecified atom stereocenters. The summed E-state index contributed by atoms with van der Waals surface area (Å²) in [5, 5.41) is 12.0. The highest BCUT2D eigenvalue weighted by atomic mass is 16.3. The molecule has 2 atom stereocenters. The van der Waals surface area contributed by atoms with Gasteiger partial charge in [-0.25, -0.2) is 0 Å². The van der Waals surface area contributed by atoms with Crippen molar-refractivity contribution in [1.82, 2.24) is 5.32 Å². The number of nitrogens with one attached hydrogen (secondary N) is 1. The van der Waals surface area contributed by atoms with Crippen molar-refractivity contribution in [2.75, 3.05) is 18.1 Å². The molecule has 0 fully saturated rings. The Bertz CT molecular complexity index is 726. The first-order chi connectivity index (χ1) is 11.6. The molecule has 2 aromatic rings. The first-order valence-electron chi connectivity index (χ1n) is 7.97. The molecule has 1 aromatic heterocycles. The van der Waals surface area contributed by atoms with Gasteiger partial charge in [-0.15, -0.1) is 0 Å². The van der Waals surface area contributed by atoms with Gasteiger partial charge in [-0.05, 0) is 36.1 Å². The minimum absolute atomic E-state index is 0.347. The van der Waals surface area contributed by atoms with Crippen LogP contribution < -0.4 is 10.2 Å². The lowest BCUT2D eigenvalue weighted by atomic mass is 9.91. The molecule has 24 heavy (non-hydrogen) atoms. The van der Waals surface area contributed by atoms with Gasteiger partial charge in [0.05, 0.1) is 12.9 Å². The van der Waals surface area contributed by atoms with Crippen LogP contribution in [0.3, 0.4) is 0 Å². The molecule has 0 aliphatic carbocycles. The van der Waals surface area contributed by atoms with E-state index in [9.17, 15) is 14.7 Å². The standard InChI is InChI=1S/C18H20N2O4/c1-12-8-9-20(15-6-3-2-5-13(12)15)18(23)17(22)19-14(11-21)16-7-4-10-24-16/h2-7,10,12,14,21H,8-9,11H2,1H3,(H,19,22). The fourth-order valence-corrected chi connectivity index (χ4v) is 3.00. The van der Waals surface area contributed by atoms with Crippen LogP contribution in [0.2, 0.25) is 0 Å². The van der Waals surface area contributed by atoms with Crippen molar-refractivity contribution in [3.63, 3.8) is 0 Å². The number of rotatable bonds is 3. The number of carbonyl (C=O) groups is 2. The van der Waals surface area contributed by atoms with Crippen LogP contribution in [0.15, 0.2) is 47.1 Å². The normalized spacial score (nSPS) is 17.9. The molecule has 0 radical (unpaired) electrons. The second kappa shape index (κ2) is 6.88. The molecule has 6 heteroatoms. The van der Waals surface area contributed by atoms with Crippen molar-refractivity contribution in [2.45, 2.75) is 25.3 Å². The Balaban J connectivity index is 1.77. The summed E-state index contributed by atoms with van der Waals surface area (Å²) in [5.41, 5.74) is 1.84. The van der Waals surface area contributed by atoms with Gasteiger partial charge < -0.3 is 19.7 Å². The minimum Gasteiger partial charge on any atom is -0.467 e. The molecule has 0 saturated carbocycles. The molecule has 2 N–H and O–H groups in total. The molecule has 0 saturated heterocycles. The number of hydrogen-bond acceptors (Lipinski definition) is 4. The number of aliphatic hydroxyl groups is 1. The van der Waals surface area contributed by atoms with E-state index in [2.05, 4.69) is 12.2 Å². The Morgan fingerprint density at radius 1 is 1.33 bits per heavy atom. The van der Waals surface area contributed by atoms with Crippen LogP contribution in [-0.4, -0.2) is 30.1 Å². The van der Waals surface area contributed by atoms with E-state index in [1.54, 1.807) is 12.1 Å². The number of benzene rings is 1. The van der Waals surface area contributed by atoms with Gasteiger partial charge in [0.25, 0.3) is 0 Å². The number of carbonyl (C=O) groups excluding carboxylic acids is 2. The average Bonchev–Trinajstić information content (AvgIpc) is 3.14. The summed E-state index contributed by atoms with van der Waals surface area (Å²) in [6.45, 7) is 2.26. The van der Waals surface area contributed by atoms with E-state index in [-0.39, 0.29) is 6.61 Å². The lowest BCUT2D eigenvalue weighted by Gasteiger charge is -2.32. The lowest BCUT2D eigenvalue weighted by Crippen LogP contribution is -2.47. The van der Waals surface area contributed by atoms with Gasteiger partial charge in [-0.2, -0.15) is 0 Å². The predicted octanol–water partition coefficient (Wildman–Crippen LogP) is 1.97. The molecule has 1 aliphatic rings. The van der Waals surface area contributed by atoms with E-state index in [0.717, 1.165) is 17.7 Å². The highest BCUT2D eigenvalue weighted by Gasteiger charge is 2.31. The van der Waals surface area contributed by atoms with E-state index in [4.69, 9.17) is 4.42 Å². The maximum Gasteiger partial charge on any atom is 0.316 e. The number of hydrogen-bond donors (Lipinski definition) is 2. The Hall–Kier alpha value is -2.60. The second-order valence-corrected chi connectivity index (χ2v) is 5.93. The minimum atomic E-state index is -0.755. The third-order valence-electron chi connectivity index (χ3n) is 4.36. The zero-order valence-corrected chi connectivity index (χ0v) is 13.4. The van der Waals surface area contributed by atoms with Crippen LogP contribution >= 0.6 is 0 Å². The topological polar surface area (TPSA) is 82.8 Å². The number of anilines is 1. The molecule has 2 amide bonds. The Kier molecular flexibility index (Phi) is 4.66. The fourth-order valence-electron chi connectivity index (χ4n) is 3.00. The number of nitrogens with zero attached hydrogens (tertiary/aromatic N) is 1. The Morgan fingerprint density at radius 3 is 2.83 bits per heavy atom. The summed E-state index contributed by atoms with van der Waals surface area (Å²) in [7, 11) is 0. The molecule has 0 bridgehead atoms. The number of para-hydroxylation sites is 1. The first-order valence-corrected chi connectivity index (χ1v) is 7.97.